The molecule has 28 heavy (non-hydrogen) atoms. The van der Waals surface area contributed by atoms with E-state index in [0.29, 0.717) is 13.1 Å². The van der Waals surface area contributed by atoms with E-state index >= 15 is 0 Å². The van der Waals surface area contributed by atoms with E-state index in [9.17, 15) is 17.6 Å². The van der Waals surface area contributed by atoms with Crippen molar-refractivity contribution in [2.45, 2.75) is 17.9 Å². The van der Waals surface area contributed by atoms with Crippen LogP contribution in [0.3, 0.4) is 0 Å². The molecule has 0 saturated carbocycles. The summed E-state index contributed by atoms with van der Waals surface area (Å²) in [6.07, 6.45) is 0. The molecule has 2 aromatic carbocycles. The van der Waals surface area contributed by atoms with Gasteiger partial charge in [-0.25, -0.2) is 12.8 Å². The fraction of sp³-hybridized carbons (Fsp3) is 0.350. The van der Waals surface area contributed by atoms with Crippen LogP contribution in [-0.4, -0.2) is 56.3 Å². The number of carbonyl (C=O) groups excluding carboxylic acids is 1. The topological polar surface area (TPSA) is 69.7 Å². The normalized spacial score (nSPS) is 17.2. The molecule has 1 unspecified atom stereocenters. The summed E-state index contributed by atoms with van der Waals surface area (Å²) in [7, 11) is -3.73. The molecule has 3 rings (SSSR count). The van der Waals surface area contributed by atoms with Gasteiger partial charge in [0.15, 0.2) is 0 Å². The fourth-order valence-electron chi connectivity index (χ4n) is 3.22. The highest BCUT2D eigenvalue weighted by Gasteiger charge is 2.29. The molecule has 1 aliphatic heterocycles. The number of rotatable bonds is 6. The summed E-state index contributed by atoms with van der Waals surface area (Å²) in [6.45, 7) is 3.56. The van der Waals surface area contributed by atoms with Crippen molar-refractivity contribution in [3.63, 3.8) is 0 Å². The second-order valence-electron chi connectivity index (χ2n) is 6.84. The third-order valence-corrected chi connectivity index (χ3v) is 6.70. The van der Waals surface area contributed by atoms with Crippen molar-refractivity contribution >= 4 is 15.9 Å². The first kappa shape index (κ1) is 20.4. The average molecular weight is 405 g/mol. The SMILES string of the molecule is CC(NC(=O)CN1CCN(S(=O)(=O)c2cccc(F)c2)CC1)c1ccccc1. The van der Waals surface area contributed by atoms with Crippen molar-refractivity contribution in [2.75, 3.05) is 32.7 Å². The number of hydrogen-bond acceptors (Lipinski definition) is 4. The molecule has 0 aromatic heterocycles. The first-order valence-corrected chi connectivity index (χ1v) is 10.6. The highest BCUT2D eigenvalue weighted by Crippen LogP contribution is 2.18. The standard InChI is InChI=1S/C20H24FN3O3S/c1-16(17-6-3-2-4-7-17)22-20(25)15-23-10-12-24(13-11-23)28(26,27)19-9-5-8-18(21)14-19/h2-9,14,16H,10-13,15H2,1H3,(H,22,25). The van der Waals surface area contributed by atoms with Gasteiger partial charge in [-0.2, -0.15) is 4.31 Å². The number of nitrogens with zero attached hydrogens (tertiary/aromatic N) is 2. The molecule has 0 bridgehead atoms. The monoisotopic (exact) mass is 405 g/mol. The molecule has 1 amide bonds. The first-order valence-electron chi connectivity index (χ1n) is 9.18. The fourth-order valence-corrected chi connectivity index (χ4v) is 4.67. The van der Waals surface area contributed by atoms with Gasteiger partial charge in [0.2, 0.25) is 15.9 Å². The maximum atomic E-state index is 13.4. The summed E-state index contributed by atoms with van der Waals surface area (Å²) >= 11 is 0. The highest BCUT2D eigenvalue weighted by molar-refractivity contribution is 7.89. The van der Waals surface area contributed by atoms with Crippen molar-refractivity contribution in [2.24, 2.45) is 0 Å². The Morgan fingerprint density at radius 1 is 1.07 bits per heavy atom. The lowest BCUT2D eigenvalue weighted by Crippen LogP contribution is -2.51. The van der Waals surface area contributed by atoms with Crippen LogP contribution in [0, 0.1) is 5.82 Å². The Balaban J connectivity index is 1.52. The summed E-state index contributed by atoms with van der Waals surface area (Å²) in [4.78, 5) is 14.2. The molecular weight excluding hydrogens is 381 g/mol. The predicted octanol–water partition coefficient (Wildman–Crippen LogP) is 2.01. The summed E-state index contributed by atoms with van der Waals surface area (Å²) in [6, 6.07) is 14.6. The van der Waals surface area contributed by atoms with E-state index in [1.54, 1.807) is 0 Å². The molecule has 1 heterocycles. The Kier molecular flexibility index (Phi) is 6.43. The van der Waals surface area contributed by atoms with Crippen LogP contribution in [0.4, 0.5) is 4.39 Å². The van der Waals surface area contributed by atoms with Crippen LogP contribution in [0.25, 0.3) is 0 Å². The van der Waals surface area contributed by atoms with E-state index in [4.69, 9.17) is 0 Å². The maximum absolute atomic E-state index is 13.4. The van der Waals surface area contributed by atoms with Crippen molar-refractivity contribution in [3.8, 4) is 0 Å². The number of piperazine rings is 1. The summed E-state index contributed by atoms with van der Waals surface area (Å²) in [5, 5.41) is 2.96. The predicted molar refractivity (Wildman–Crippen MR) is 105 cm³/mol. The highest BCUT2D eigenvalue weighted by atomic mass is 32.2. The number of carbonyl (C=O) groups is 1. The van der Waals surface area contributed by atoms with Crippen LogP contribution in [0.5, 0.6) is 0 Å². The maximum Gasteiger partial charge on any atom is 0.243 e. The Bertz CT molecular complexity index is 913. The lowest BCUT2D eigenvalue weighted by molar-refractivity contribution is -0.123. The lowest BCUT2D eigenvalue weighted by atomic mass is 10.1. The Hall–Kier alpha value is -2.29. The molecule has 150 valence electrons. The summed E-state index contributed by atoms with van der Waals surface area (Å²) < 4.78 is 40.0. The molecule has 1 fully saturated rings. The molecule has 1 N–H and O–H groups in total. The van der Waals surface area contributed by atoms with E-state index in [2.05, 4.69) is 5.32 Å². The zero-order valence-corrected chi connectivity index (χ0v) is 16.5. The largest absolute Gasteiger partial charge is 0.348 e. The minimum atomic E-state index is -3.73. The number of nitrogens with one attached hydrogen (secondary N) is 1. The van der Waals surface area contributed by atoms with E-state index in [1.165, 1.54) is 22.5 Å². The van der Waals surface area contributed by atoms with Gasteiger partial charge in [0.25, 0.3) is 0 Å². The number of benzene rings is 2. The second kappa shape index (κ2) is 8.81. The minimum Gasteiger partial charge on any atom is -0.348 e. The van der Waals surface area contributed by atoms with Gasteiger partial charge in [-0.1, -0.05) is 36.4 Å². The molecule has 2 aromatic rings. The lowest BCUT2D eigenvalue weighted by Gasteiger charge is -2.33. The zero-order chi connectivity index (χ0) is 20.1. The number of halogens is 1. The molecule has 1 atom stereocenters. The Morgan fingerprint density at radius 2 is 1.75 bits per heavy atom. The van der Waals surface area contributed by atoms with Gasteiger partial charge in [-0.05, 0) is 30.7 Å². The molecular formula is C20H24FN3O3S. The van der Waals surface area contributed by atoms with E-state index in [0.717, 1.165) is 11.6 Å². The molecule has 1 aliphatic rings. The quantitative estimate of drug-likeness (QED) is 0.798. The van der Waals surface area contributed by atoms with Gasteiger partial charge < -0.3 is 5.32 Å². The number of amides is 1. The van der Waals surface area contributed by atoms with Gasteiger partial charge in [-0.3, -0.25) is 9.69 Å². The van der Waals surface area contributed by atoms with Gasteiger partial charge in [-0.15, -0.1) is 0 Å². The van der Waals surface area contributed by atoms with Crippen LogP contribution in [0.1, 0.15) is 18.5 Å². The molecule has 0 aliphatic carbocycles. The van der Waals surface area contributed by atoms with Crippen LogP contribution >= 0.6 is 0 Å². The molecule has 0 spiro atoms. The van der Waals surface area contributed by atoms with Gasteiger partial charge >= 0.3 is 0 Å². The van der Waals surface area contributed by atoms with Crippen molar-refractivity contribution in [1.82, 2.24) is 14.5 Å². The average Bonchev–Trinajstić information content (AvgIpc) is 2.69. The number of hydrogen-bond donors (Lipinski definition) is 1. The van der Waals surface area contributed by atoms with E-state index < -0.39 is 15.8 Å². The van der Waals surface area contributed by atoms with Gasteiger partial charge in [0.1, 0.15) is 5.82 Å². The van der Waals surface area contributed by atoms with E-state index in [-0.39, 0.29) is 36.5 Å². The Morgan fingerprint density at radius 3 is 2.39 bits per heavy atom. The van der Waals surface area contributed by atoms with Gasteiger partial charge in [0, 0.05) is 26.2 Å². The van der Waals surface area contributed by atoms with Crippen LogP contribution in [0.15, 0.2) is 59.5 Å². The van der Waals surface area contributed by atoms with Crippen molar-refractivity contribution in [3.05, 3.63) is 66.0 Å². The van der Waals surface area contributed by atoms with Crippen LogP contribution in [0.2, 0.25) is 0 Å². The third kappa shape index (κ3) is 4.95. The first-order chi connectivity index (χ1) is 13.4. The second-order valence-corrected chi connectivity index (χ2v) is 8.78. The molecule has 6 nitrogen and oxygen atoms in total. The smallest absolute Gasteiger partial charge is 0.243 e. The van der Waals surface area contributed by atoms with Crippen LogP contribution in [-0.2, 0) is 14.8 Å². The summed E-state index contributed by atoms with van der Waals surface area (Å²) in [5.41, 5.74) is 1.03. The zero-order valence-electron chi connectivity index (χ0n) is 15.7. The molecule has 8 heteroatoms. The molecule has 1 saturated heterocycles. The van der Waals surface area contributed by atoms with Crippen molar-refractivity contribution in [1.29, 1.82) is 0 Å². The van der Waals surface area contributed by atoms with E-state index in [1.807, 2.05) is 42.2 Å². The van der Waals surface area contributed by atoms with Crippen molar-refractivity contribution < 1.29 is 17.6 Å². The van der Waals surface area contributed by atoms with Gasteiger partial charge in [0.05, 0.1) is 17.5 Å². The minimum absolute atomic E-state index is 0.0459. The molecule has 0 radical (unpaired) electrons. The van der Waals surface area contributed by atoms with Crippen LogP contribution < -0.4 is 5.32 Å². The summed E-state index contributed by atoms with van der Waals surface area (Å²) in [5.74, 6) is -0.679. The third-order valence-electron chi connectivity index (χ3n) is 4.81. The number of sulfonamides is 1. The Labute approximate surface area is 165 Å².